The SMILES string of the molecule is CCN1C[C@H]2[C@H](OC)CCN(Cc3ccoc3)[C@H]2C1. The Morgan fingerprint density at radius 1 is 1.42 bits per heavy atom. The van der Waals surface area contributed by atoms with Crippen molar-refractivity contribution in [2.75, 3.05) is 33.3 Å². The number of hydrogen-bond donors (Lipinski definition) is 0. The van der Waals surface area contributed by atoms with Crippen LogP contribution in [-0.2, 0) is 11.3 Å². The molecule has 0 amide bonds. The standard InChI is InChI=1S/C15H24N2O2/c1-3-16-9-13-14(10-16)17(6-4-15(13)18-2)8-12-5-7-19-11-12/h5,7,11,13-15H,3-4,6,8-10H2,1-2H3/t13-,14+,15-/m1/s1. The molecule has 2 aliphatic rings. The van der Waals surface area contributed by atoms with Gasteiger partial charge in [-0.2, -0.15) is 0 Å². The Bertz CT molecular complexity index is 393. The maximum absolute atomic E-state index is 5.71. The van der Waals surface area contributed by atoms with E-state index in [4.69, 9.17) is 9.15 Å². The first kappa shape index (κ1) is 13.2. The van der Waals surface area contributed by atoms with E-state index in [1.54, 1.807) is 6.26 Å². The van der Waals surface area contributed by atoms with Gasteiger partial charge in [-0.25, -0.2) is 0 Å². The highest BCUT2D eigenvalue weighted by Crippen LogP contribution is 2.33. The minimum Gasteiger partial charge on any atom is -0.472 e. The second-order valence-corrected chi connectivity index (χ2v) is 5.75. The van der Waals surface area contributed by atoms with Crippen molar-refractivity contribution in [3.63, 3.8) is 0 Å². The molecule has 3 rings (SSSR count). The molecule has 0 aliphatic carbocycles. The summed E-state index contributed by atoms with van der Waals surface area (Å²) in [5, 5.41) is 0. The van der Waals surface area contributed by atoms with Crippen LogP contribution in [0, 0.1) is 5.92 Å². The fraction of sp³-hybridized carbons (Fsp3) is 0.733. The average Bonchev–Trinajstić information content (AvgIpc) is 3.07. The molecule has 0 saturated carbocycles. The van der Waals surface area contributed by atoms with E-state index in [-0.39, 0.29) is 0 Å². The Balaban J connectivity index is 1.72. The molecule has 0 N–H and O–H groups in total. The molecule has 2 aliphatic heterocycles. The van der Waals surface area contributed by atoms with E-state index in [0.717, 1.165) is 26.1 Å². The molecule has 2 fully saturated rings. The van der Waals surface area contributed by atoms with Crippen LogP contribution in [-0.4, -0.2) is 55.2 Å². The Labute approximate surface area is 115 Å². The molecular weight excluding hydrogens is 240 g/mol. The van der Waals surface area contributed by atoms with Gasteiger partial charge in [0.2, 0.25) is 0 Å². The second-order valence-electron chi connectivity index (χ2n) is 5.75. The number of furan rings is 1. The first-order valence-electron chi connectivity index (χ1n) is 7.32. The van der Waals surface area contributed by atoms with E-state index in [1.807, 2.05) is 13.4 Å². The van der Waals surface area contributed by atoms with E-state index in [9.17, 15) is 0 Å². The van der Waals surface area contributed by atoms with Gasteiger partial charge >= 0.3 is 0 Å². The van der Waals surface area contributed by atoms with Gasteiger partial charge < -0.3 is 14.1 Å². The number of likely N-dealkylation sites (tertiary alicyclic amines) is 2. The predicted octanol–water partition coefficient (Wildman–Crippen LogP) is 1.82. The molecule has 0 spiro atoms. The number of rotatable bonds is 4. The fourth-order valence-corrected chi connectivity index (χ4v) is 3.68. The van der Waals surface area contributed by atoms with Gasteiger partial charge in [-0.15, -0.1) is 0 Å². The molecular formula is C15H24N2O2. The summed E-state index contributed by atoms with van der Waals surface area (Å²) >= 11 is 0. The van der Waals surface area contributed by atoms with Gasteiger partial charge in [0.05, 0.1) is 18.6 Å². The van der Waals surface area contributed by atoms with Gasteiger partial charge in [0, 0.05) is 50.8 Å². The lowest BCUT2D eigenvalue weighted by molar-refractivity contribution is -0.0245. The average molecular weight is 264 g/mol. The lowest BCUT2D eigenvalue weighted by atomic mass is 9.89. The lowest BCUT2D eigenvalue weighted by Crippen LogP contribution is -2.50. The van der Waals surface area contributed by atoms with Crippen LogP contribution < -0.4 is 0 Å². The van der Waals surface area contributed by atoms with Crippen LogP contribution in [0.25, 0.3) is 0 Å². The van der Waals surface area contributed by atoms with Crippen molar-refractivity contribution >= 4 is 0 Å². The first-order valence-corrected chi connectivity index (χ1v) is 7.32. The van der Waals surface area contributed by atoms with Crippen molar-refractivity contribution < 1.29 is 9.15 Å². The van der Waals surface area contributed by atoms with Crippen molar-refractivity contribution in [1.29, 1.82) is 0 Å². The Kier molecular flexibility index (Phi) is 3.91. The predicted molar refractivity (Wildman–Crippen MR) is 73.9 cm³/mol. The molecule has 106 valence electrons. The van der Waals surface area contributed by atoms with Crippen LogP contribution in [0.1, 0.15) is 18.9 Å². The summed E-state index contributed by atoms with van der Waals surface area (Å²) in [5.41, 5.74) is 1.28. The Hall–Kier alpha value is -0.840. The van der Waals surface area contributed by atoms with Crippen LogP contribution in [0.2, 0.25) is 0 Å². The van der Waals surface area contributed by atoms with Crippen LogP contribution in [0.15, 0.2) is 23.0 Å². The third kappa shape index (κ3) is 2.57. The molecule has 0 bridgehead atoms. The van der Waals surface area contributed by atoms with Crippen LogP contribution in [0.5, 0.6) is 0 Å². The van der Waals surface area contributed by atoms with Crippen molar-refractivity contribution in [1.82, 2.24) is 9.80 Å². The summed E-state index contributed by atoms with van der Waals surface area (Å²) in [6, 6.07) is 2.71. The number of piperidine rings is 1. The molecule has 1 aromatic rings. The van der Waals surface area contributed by atoms with E-state index < -0.39 is 0 Å². The summed E-state index contributed by atoms with van der Waals surface area (Å²) < 4.78 is 10.9. The Morgan fingerprint density at radius 2 is 2.32 bits per heavy atom. The summed E-state index contributed by atoms with van der Waals surface area (Å²) in [7, 11) is 1.86. The second kappa shape index (κ2) is 5.65. The molecule has 19 heavy (non-hydrogen) atoms. The molecule has 2 saturated heterocycles. The summed E-state index contributed by atoms with van der Waals surface area (Å²) in [5.74, 6) is 0.658. The minimum absolute atomic E-state index is 0.433. The smallest absolute Gasteiger partial charge is 0.0947 e. The zero-order valence-electron chi connectivity index (χ0n) is 11.9. The quantitative estimate of drug-likeness (QED) is 0.829. The first-order chi connectivity index (χ1) is 9.31. The number of ether oxygens (including phenoxy) is 1. The van der Waals surface area contributed by atoms with E-state index in [1.165, 1.54) is 18.7 Å². The number of likely N-dealkylation sites (N-methyl/N-ethyl adjacent to an activating group) is 1. The number of hydrogen-bond acceptors (Lipinski definition) is 4. The highest BCUT2D eigenvalue weighted by molar-refractivity contribution is 5.07. The van der Waals surface area contributed by atoms with Gasteiger partial charge in [-0.05, 0) is 19.0 Å². The van der Waals surface area contributed by atoms with Gasteiger partial charge in [0.1, 0.15) is 0 Å². The summed E-state index contributed by atoms with van der Waals surface area (Å²) in [4.78, 5) is 5.16. The van der Waals surface area contributed by atoms with Gasteiger partial charge in [0.25, 0.3) is 0 Å². The van der Waals surface area contributed by atoms with E-state index in [2.05, 4.69) is 22.8 Å². The van der Waals surface area contributed by atoms with E-state index >= 15 is 0 Å². The zero-order chi connectivity index (χ0) is 13.2. The lowest BCUT2D eigenvalue weighted by Gasteiger charge is -2.41. The molecule has 0 aromatic carbocycles. The van der Waals surface area contributed by atoms with E-state index in [0.29, 0.717) is 18.1 Å². The summed E-state index contributed by atoms with van der Waals surface area (Å²) in [6.45, 7) is 7.89. The van der Waals surface area contributed by atoms with Crippen molar-refractivity contribution in [3.8, 4) is 0 Å². The molecule has 4 nitrogen and oxygen atoms in total. The van der Waals surface area contributed by atoms with Crippen molar-refractivity contribution in [2.24, 2.45) is 5.92 Å². The van der Waals surface area contributed by atoms with Crippen molar-refractivity contribution in [3.05, 3.63) is 24.2 Å². The molecule has 0 unspecified atom stereocenters. The fourth-order valence-electron chi connectivity index (χ4n) is 3.68. The van der Waals surface area contributed by atoms with Crippen LogP contribution in [0.4, 0.5) is 0 Å². The topological polar surface area (TPSA) is 28.9 Å². The molecule has 3 heterocycles. The monoisotopic (exact) mass is 264 g/mol. The minimum atomic E-state index is 0.433. The number of fused-ring (bicyclic) bond motifs is 1. The maximum atomic E-state index is 5.71. The maximum Gasteiger partial charge on any atom is 0.0947 e. The third-order valence-electron chi connectivity index (χ3n) is 4.77. The molecule has 4 heteroatoms. The summed E-state index contributed by atoms with van der Waals surface area (Å²) in [6.07, 6.45) is 5.21. The Morgan fingerprint density at radius 3 is 3.00 bits per heavy atom. The van der Waals surface area contributed by atoms with Gasteiger partial charge in [0.15, 0.2) is 0 Å². The molecule has 3 atom stereocenters. The normalized spacial score (nSPS) is 32.6. The van der Waals surface area contributed by atoms with Crippen LogP contribution >= 0.6 is 0 Å². The van der Waals surface area contributed by atoms with Gasteiger partial charge in [-0.1, -0.05) is 6.92 Å². The molecule has 0 radical (unpaired) electrons. The highest BCUT2D eigenvalue weighted by atomic mass is 16.5. The number of methoxy groups -OCH3 is 1. The number of nitrogens with zero attached hydrogens (tertiary/aromatic N) is 2. The van der Waals surface area contributed by atoms with Crippen molar-refractivity contribution in [2.45, 2.75) is 32.0 Å². The van der Waals surface area contributed by atoms with Crippen LogP contribution in [0.3, 0.4) is 0 Å². The third-order valence-corrected chi connectivity index (χ3v) is 4.77. The molecule has 1 aromatic heterocycles. The zero-order valence-corrected chi connectivity index (χ0v) is 11.9. The highest BCUT2D eigenvalue weighted by Gasteiger charge is 2.43. The largest absolute Gasteiger partial charge is 0.472 e. The van der Waals surface area contributed by atoms with Gasteiger partial charge in [-0.3, -0.25) is 4.90 Å².